The van der Waals surface area contributed by atoms with E-state index in [1.165, 1.54) is 17.7 Å². The van der Waals surface area contributed by atoms with Gasteiger partial charge in [-0.2, -0.15) is 8.78 Å². The first kappa shape index (κ1) is 14.9. The Morgan fingerprint density at radius 1 is 1.12 bits per heavy atom. The SMILES string of the molecule is C[C@@H](Nc1ncnc2ccsc12)c1nc2ccccc2n1C(F)F. The number of fused-ring (bicyclic) bond motifs is 2. The van der Waals surface area contributed by atoms with E-state index in [4.69, 9.17) is 0 Å². The molecule has 1 atom stereocenters. The van der Waals surface area contributed by atoms with Crippen LogP contribution in [0.2, 0.25) is 0 Å². The summed E-state index contributed by atoms with van der Waals surface area (Å²) in [4.78, 5) is 12.8. The summed E-state index contributed by atoms with van der Waals surface area (Å²) < 4.78 is 29.0. The van der Waals surface area contributed by atoms with Crippen molar-refractivity contribution in [3.63, 3.8) is 0 Å². The normalized spacial score (nSPS) is 13.0. The van der Waals surface area contributed by atoms with Gasteiger partial charge in [-0.15, -0.1) is 11.3 Å². The molecule has 0 radical (unpaired) electrons. The molecule has 3 aromatic heterocycles. The molecule has 0 aliphatic rings. The number of alkyl halides is 2. The monoisotopic (exact) mass is 345 g/mol. The average Bonchev–Trinajstić information content (AvgIpc) is 3.19. The van der Waals surface area contributed by atoms with Crippen LogP contribution in [0.25, 0.3) is 21.3 Å². The smallest absolute Gasteiger partial charge is 0.320 e. The first-order chi connectivity index (χ1) is 11.6. The maximum Gasteiger partial charge on any atom is 0.320 e. The third kappa shape index (κ3) is 2.39. The van der Waals surface area contributed by atoms with Crippen molar-refractivity contribution in [2.75, 3.05) is 5.32 Å². The predicted molar refractivity (Wildman–Crippen MR) is 90.4 cm³/mol. The second-order valence-electron chi connectivity index (χ2n) is 5.33. The number of halogens is 2. The molecular weight excluding hydrogens is 332 g/mol. The fourth-order valence-electron chi connectivity index (χ4n) is 2.73. The number of imidazole rings is 1. The van der Waals surface area contributed by atoms with Crippen molar-refractivity contribution in [2.45, 2.75) is 19.5 Å². The van der Waals surface area contributed by atoms with Gasteiger partial charge in [0.25, 0.3) is 0 Å². The molecule has 3 heterocycles. The van der Waals surface area contributed by atoms with Gasteiger partial charge in [-0.25, -0.2) is 15.0 Å². The molecule has 8 heteroatoms. The van der Waals surface area contributed by atoms with Gasteiger partial charge in [0.05, 0.1) is 27.3 Å². The summed E-state index contributed by atoms with van der Waals surface area (Å²) in [7, 11) is 0. The molecule has 0 spiro atoms. The molecule has 5 nitrogen and oxygen atoms in total. The molecule has 4 rings (SSSR count). The molecule has 0 unspecified atom stereocenters. The Morgan fingerprint density at radius 3 is 2.79 bits per heavy atom. The quantitative estimate of drug-likeness (QED) is 0.587. The van der Waals surface area contributed by atoms with E-state index >= 15 is 0 Å². The molecule has 122 valence electrons. The van der Waals surface area contributed by atoms with Gasteiger partial charge in [-0.05, 0) is 30.5 Å². The van der Waals surface area contributed by atoms with Gasteiger partial charge in [0.2, 0.25) is 0 Å². The van der Waals surface area contributed by atoms with Crippen molar-refractivity contribution in [1.82, 2.24) is 19.5 Å². The highest BCUT2D eigenvalue weighted by molar-refractivity contribution is 7.17. The van der Waals surface area contributed by atoms with E-state index in [0.717, 1.165) is 14.8 Å². The summed E-state index contributed by atoms with van der Waals surface area (Å²) in [6.45, 7) is -0.870. The van der Waals surface area contributed by atoms with Crippen LogP contribution in [-0.4, -0.2) is 19.5 Å². The summed E-state index contributed by atoms with van der Waals surface area (Å²) in [5, 5.41) is 5.11. The van der Waals surface area contributed by atoms with Crippen molar-refractivity contribution in [3.05, 3.63) is 47.9 Å². The van der Waals surface area contributed by atoms with Gasteiger partial charge in [-0.3, -0.25) is 4.57 Å². The van der Waals surface area contributed by atoms with Crippen molar-refractivity contribution in [3.8, 4) is 0 Å². The van der Waals surface area contributed by atoms with Crippen LogP contribution in [0.1, 0.15) is 25.3 Å². The number of hydrogen-bond donors (Lipinski definition) is 1. The fourth-order valence-corrected chi connectivity index (χ4v) is 3.53. The van der Waals surface area contributed by atoms with Crippen LogP contribution < -0.4 is 5.32 Å². The lowest BCUT2D eigenvalue weighted by molar-refractivity contribution is 0.0708. The molecule has 0 aliphatic heterocycles. The molecule has 24 heavy (non-hydrogen) atoms. The van der Waals surface area contributed by atoms with E-state index < -0.39 is 12.6 Å². The topological polar surface area (TPSA) is 55.6 Å². The van der Waals surface area contributed by atoms with Gasteiger partial charge in [-0.1, -0.05) is 12.1 Å². The molecule has 0 bridgehead atoms. The van der Waals surface area contributed by atoms with Crippen LogP contribution >= 0.6 is 11.3 Å². The van der Waals surface area contributed by atoms with Crippen LogP contribution in [0, 0.1) is 0 Å². The standard InChI is InChI=1S/C16H13F2N5S/c1-9(21-14-13-11(6-7-24-13)19-8-20-14)15-22-10-4-2-3-5-12(10)23(15)16(17)18/h2-9,16H,1H3,(H,19,20,21)/t9-/m1/s1. The third-order valence-electron chi connectivity index (χ3n) is 3.80. The largest absolute Gasteiger partial charge is 0.359 e. The van der Waals surface area contributed by atoms with Crippen molar-refractivity contribution in [2.24, 2.45) is 0 Å². The van der Waals surface area contributed by atoms with Gasteiger partial charge < -0.3 is 5.32 Å². The zero-order valence-electron chi connectivity index (χ0n) is 12.6. The number of para-hydroxylation sites is 2. The number of benzene rings is 1. The van der Waals surface area contributed by atoms with Crippen molar-refractivity contribution < 1.29 is 8.78 Å². The second kappa shape index (κ2) is 5.79. The van der Waals surface area contributed by atoms with Crippen molar-refractivity contribution in [1.29, 1.82) is 0 Å². The molecule has 0 saturated carbocycles. The summed E-state index contributed by atoms with van der Waals surface area (Å²) in [6.07, 6.45) is 1.46. The molecular formula is C16H13F2N5S. The Balaban J connectivity index is 1.77. The average molecular weight is 345 g/mol. The minimum absolute atomic E-state index is 0.273. The number of aromatic nitrogens is 4. The molecule has 0 fully saturated rings. The highest BCUT2D eigenvalue weighted by Crippen LogP contribution is 2.31. The van der Waals surface area contributed by atoms with E-state index in [0.29, 0.717) is 16.9 Å². The van der Waals surface area contributed by atoms with Crippen LogP contribution in [-0.2, 0) is 0 Å². The third-order valence-corrected chi connectivity index (χ3v) is 4.71. The Kier molecular flexibility index (Phi) is 3.61. The van der Waals surface area contributed by atoms with Crippen LogP contribution in [0.5, 0.6) is 0 Å². The second-order valence-corrected chi connectivity index (χ2v) is 6.25. The molecule has 1 N–H and O–H groups in total. The van der Waals surface area contributed by atoms with Crippen LogP contribution in [0.3, 0.4) is 0 Å². The summed E-state index contributed by atoms with van der Waals surface area (Å²) in [5.74, 6) is 0.893. The number of nitrogens with zero attached hydrogens (tertiary/aromatic N) is 4. The number of nitrogens with one attached hydrogen (secondary N) is 1. The summed E-state index contributed by atoms with van der Waals surface area (Å²) in [5.41, 5.74) is 1.79. The Labute approximate surface area is 140 Å². The Bertz CT molecular complexity index is 1010. The van der Waals surface area contributed by atoms with E-state index in [2.05, 4.69) is 20.3 Å². The number of rotatable bonds is 4. The Hall–Kier alpha value is -2.61. The molecule has 0 amide bonds. The van der Waals surface area contributed by atoms with E-state index in [9.17, 15) is 8.78 Å². The number of anilines is 1. The van der Waals surface area contributed by atoms with Gasteiger partial charge >= 0.3 is 6.55 Å². The molecule has 0 saturated heterocycles. The van der Waals surface area contributed by atoms with Gasteiger partial charge in [0.15, 0.2) is 0 Å². The zero-order chi connectivity index (χ0) is 16.7. The molecule has 1 aromatic carbocycles. The van der Waals surface area contributed by atoms with E-state index in [-0.39, 0.29) is 5.82 Å². The van der Waals surface area contributed by atoms with E-state index in [1.54, 1.807) is 31.2 Å². The maximum absolute atomic E-state index is 13.6. The van der Waals surface area contributed by atoms with Crippen LogP contribution in [0.15, 0.2) is 42.0 Å². The first-order valence-corrected chi connectivity index (χ1v) is 8.23. The molecule has 0 aliphatic carbocycles. The summed E-state index contributed by atoms with van der Waals surface area (Å²) in [6, 6.07) is 8.34. The highest BCUT2D eigenvalue weighted by Gasteiger charge is 2.22. The fraction of sp³-hybridized carbons (Fsp3) is 0.188. The summed E-state index contributed by atoms with van der Waals surface area (Å²) >= 11 is 1.50. The van der Waals surface area contributed by atoms with Crippen LogP contribution in [0.4, 0.5) is 14.6 Å². The minimum Gasteiger partial charge on any atom is -0.359 e. The van der Waals surface area contributed by atoms with Crippen molar-refractivity contribution >= 4 is 38.4 Å². The van der Waals surface area contributed by atoms with Gasteiger partial charge in [0.1, 0.15) is 18.0 Å². The predicted octanol–water partition coefficient (Wildman–Crippen LogP) is 4.61. The lowest BCUT2D eigenvalue weighted by Crippen LogP contribution is -2.15. The van der Waals surface area contributed by atoms with E-state index in [1.807, 2.05) is 11.4 Å². The minimum atomic E-state index is -2.66. The maximum atomic E-state index is 13.6. The Morgan fingerprint density at radius 2 is 1.96 bits per heavy atom. The molecule has 4 aromatic rings. The number of hydrogen-bond acceptors (Lipinski definition) is 5. The lowest BCUT2D eigenvalue weighted by Gasteiger charge is -2.16. The zero-order valence-corrected chi connectivity index (χ0v) is 13.5. The highest BCUT2D eigenvalue weighted by atomic mass is 32.1. The number of thiophene rings is 1. The lowest BCUT2D eigenvalue weighted by atomic mass is 10.3. The van der Waals surface area contributed by atoms with Gasteiger partial charge in [0, 0.05) is 0 Å². The first-order valence-electron chi connectivity index (χ1n) is 7.35.